The smallest absolute Gasteiger partial charge is 0.349 e. The predicted octanol–water partition coefficient (Wildman–Crippen LogP) is 1.95. The minimum atomic E-state index is -4.41. The molecule has 0 fully saturated rings. The van der Waals surface area contributed by atoms with Gasteiger partial charge in [-0.1, -0.05) is 0 Å². The minimum absolute atomic E-state index is 0.0140. The van der Waals surface area contributed by atoms with Crippen LogP contribution in [0.25, 0.3) is 0 Å². The number of nitro benzene ring substituents is 1. The molecule has 1 aromatic carbocycles. The van der Waals surface area contributed by atoms with Crippen LogP contribution in [-0.4, -0.2) is 23.0 Å². The van der Waals surface area contributed by atoms with Crippen molar-refractivity contribution in [1.82, 2.24) is 5.32 Å². The van der Waals surface area contributed by atoms with Gasteiger partial charge in [0.25, 0.3) is 11.6 Å². The summed E-state index contributed by atoms with van der Waals surface area (Å²) in [6.07, 6.45) is -5.60. The van der Waals surface area contributed by atoms with Gasteiger partial charge in [-0.15, -0.1) is 0 Å². The van der Waals surface area contributed by atoms with Crippen molar-refractivity contribution in [2.24, 2.45) is 5.84 Å². The number of hydrogen-bond acceptors (Lipinski definition) is 5. The summed E-state index contributed by atoms with van der Waals surface area (Å²) in [4.78, 5) is 21.8. The first kappa shape index (κ1) is 16.7. The van der Waals surface area contributed by atoms with E-state index in [2.05, 4.69) is 10.7 Å². The summed E-state index contributed by atoms with van der Waals surface area (Å²) in [5.74, 6) is 4.25. The van der Waals surface area contributed by atoms with E-state index in [0.717, 1.165) is 6.07 Å². The molecule has 4 N–H and O–H groups in total. The number of halogens is 3. The van der Waals surface area contributed by atoms with Crippen LogP contribution in [0.2, 0.25) is 0 Å². The summed E-state index contributed by atoms with van der Waals surface area (Å²) in [6.45, 7) is 1.19. The first-order valence-corrected chi connectivity index (χ1v) is 5.76. The van der Waals surface area contributed by atoms with Crippen LogP contribution in [0.1, 0.15) is 23.7 Å². The lowest BCUT2D eigenvalue weighted by atomic mass is 10.1. The van der Waals surface area contributed by atoms with Crippen LogP contribution in [-0.2, 0) is 0 Å². The summed E-state index contributed by atoms with van der Waals surface area (Å²) in [5, 5.41) is 12.9. The molecule has 0 aliphatic rings. The zero-order valence-corrected chi connectivity index (χ0v) is 10.9. The number of carbonyl (C=O) groups excluding carboxylic acids is 1. The molecular weight excluding hydrogens is 293 g/mol. The van der Waals surface area contributed by atoms with Crippen LogP contribution in [0, 0.1) is 10.1 Å². The van der Waals surface area contributed by atoms with E-state index < -0.39 is 35.2 Å². The number of amides is 1. The fourth-order valence-electron chi connectivity index (χ4n) is 1.65. The van der Waals surface area contributed by atoms with E-state index in [1.807, 2.05) is 0 Å². The largest absolute Gasteiger partial charge is 0.391 e. The number of benzene rings is 1. The van der Waals surface area contributed by atoms with E-state index in [4.69, 9.17) is 5.84 Å². The highest BCUT2D eigenvalue weighted by molar-refractivity contribution is 5.95. The number of alkyl halides is 3. The van der Waals surface area contributed by atoms with E-state index in [1.165, 1.54) is 19.1 Å². The van der Waals surface area contributed by atoms with Gasteiger partial charge in [0, 0.05) is 17.7 Å². The number of anilines is 1. The number of nitrogens with two attached hydrogens (primary N) is 1. The second-order valence-corrected chi connectivity index (χ2v) is 4.33. The average Bonchev–Trinajstić information content (AvgIpc) is 2.35. The molecule has 0 saturated carbocycles. The van der Waals surface area contributed by atoms with Gasteiger partial charge in [-0.05, 0) is 19.1 Å². The molecular formula is C11H13F3N4O3. The first-order chi connectivity index (χ1) is 9.64. The normalized spacial score (nSPS) is 12.6. The van der Waals surface area contributed by atoms with Crippen molar-refractivity contribution in [2.75, 3.05) is 5.43 Å². The number of nitrogens with zero attached hydrogens (tertiary/aromatic N) is 1. The third kappa shape index (κ3) is 4.91. The maximum absolute atomic E-state index is 12.2. The van der Waals surface area contributed by atoms with Gasteiger partial charge in [0.05, 0.1) is 11.3 Å². The Kier molecular flexibility index (Phi) is 5.08. The number of carbonyl (C=O) groups is 1. The maximum atomic E-state index is 12.2. The van der Waals surface area contributed by atoms with Crippen LogP contribution in [0.3, 0.4) is 0 Å². The second-order valence-electron chi connectivity index (χ2n) is 4.33. The lowest BCUT2D eigenvalue weighted by Crippen LogP contribution is -2.36. The van der Waals surface area contributed by atoms with Crippen LogP contribution in [0.5, 0.6) is 0 Å². The van der Waals surface area contributed by atoms with E-state index in [1.54, 1.807) is 0 Å². The summed E-state index contributed by atoms with van der Waals surface area (Å²) >= 11 is 0. The van der Waals surface area contributed by atoms with E-state index >= 15 is 0 Å². The molecule has 1 unspecified atom stereocenters. The van der Waals surface area contributed by atoms with Gasteiger partial charge in [0.1, 0.15) is 5.69 Å². The van der Waals surface area contributed by atoms with E-state index in [0.29, 0.717) is 0 Å². The Morgan fingerprint density at radius 1 is 1.48 bits per heavy atom. The highest BCUT2D eigenvalue weighted by Crippen LogP contribution is 2.25. The van der Waals surface area contributed by atoms with Crippen LogP contribution in [0.4, 0.5) is 24.5 Å². The summed E-state index contributed by atoms with van der Waals surface area (Å²) in [6, 6.07) is 2.20. The van der Waals surface area contributed by atoms with Gasteiger partial charge >= 0.3 is 6.18 Å². The highest BCUT2D eigenvalue weighted by Gasteiger charge is 2.30. The van der Waals surface area contributed by atoms with Gasteiger partial charge in [0.2, 0.25) is 0 Å². The molecule has 1 atom stereocenters. The van der Waals surface area contributed by atoms with Gasteiger partial charge in [-0.3, -0.25) is 20.8 Å². The van der Waals surface area contributed by atoms with Gasteiger partial charge in [-0.25, -0.2) is 0 Å². The summed E-state index contributed by atoms with van der Waals surface area (Å²) in [5.41, 5.74) is 1.50. The molecule has 0 aromatic heterocycles. The molecule has 116 valence electrons. The zero-order valence-electron chi connectivity index (χ0n) is 10.9. The third-order valence-corrected chi connectivity index (χ3v) is 2.53. The molecule has 0 saturated heterocycles. The zero-order chi connectivity index (χ0) is 16.2. The summed E-state index contributed by atoms with van der Waals surface area (Å²) in [7, 11) is 0. The molecule has 10 heteroatoms. The first-order valence-electron chi connectivity index (χ1n) is 5.76. The van der Waals surface area contributed by atoms with E-state index in [-0.39, 0.29) is 11.3 Å². The van der Waals surface area contributed by atoms with Gasteiger partial charge < -0.3 is 10.7 Å². The molecule has 0 aliphatic carbocycles. The second kappa shape index (κ2) is 6.39. The summed E-state index contributed by atoms with van der Waals surface area (Å²) < 4.78 is 36.5. The van der Waals surface area contributed by atoms with Crippen molar-refractivity contribution in [3.05, 3.63) is 33.9 Å². The van der Waals surface area contributed by atoms with Crippen molar-refractivity contribution >= 4 is 17.3 Å². The number of hydrazine groups is 1. The third-order valence-electron chi connectivity index (χ3n) is 2.53. The van der Waals surface area contributed by atoms with Crippen molar-refractivity contribution in [3.63, 3.8) is 0 Å². The molecule has 0 radical (unpaired) electrons. The molecule has 1 aromatic rings. The fraction of sp³-hybridized carbons (Fsp3) is 0.364. The molecule has 1 amide bonds. The molecule has 0 bridgehead atoms. The highest BCUT2D eigenvalue weighted by atomic mass is 19.4. The lowest BCUT2D eigenvalue weighted by Gasteiger charge is -2.15. The molecule has 0 aliphatic heterocycles. The maximum Gasteiger partial charge on any atom is 0.391 e. The van der Waals surface area contributed by atoms with Crippen molar-refractivity contribution in [1.29, 1.82) is 0 Å². The Hall–Kier alpha value is -2.36. The van der Waals surface area contributed by atoms with Crippen LogP contribution >= 0.6 is 0 Å². The quantitative estimate of drug-likeness (QED) is 0.437. The number of rotatable bonds is 5. The number of nitrogens with one attached hydrogen (secondary N) is 2. The molecule has 0 spiro atoms. The standard InChI is InChI=1S/C11H13F3N4O3/c1-6(5-11(12,13)14)16-10(19)7-2-3-8(17-15)9(4-7)18(20)21/h2-4,6,17H,5,15H2,1H3,(H,16,19). The molecule has 7 nitrogen and oxygen atoms in total. The molecule has 21 heavy (non-hydrogen) atoms. The number of hydrogen-bond donors (Lipinski definition) is 3. The minimum Gasteiger partial charge on any atom is -0.349 e. The van der Waals surface area contributed by atoms with Gasteiger partial charge in [0.15, 0.2) is 0 Å². The van der Waals surface area contributed by atoms with Crippen molar-refractivity contribution in [3.8, 4) is 0 Å². The SMILES string of the molecule is CC(CC(F)(F)F)NC(=O)c1ccc(NN)c([N+](=O)[O-])c1. The van der Waals surface area contributed by atoms with E-state index in [9.17, 15) is 28.1 Å². The average molecular weight is 306 g/mol. The van der Waals surface area contributed by atoms with Crippen LogP contribution in [0.15, 0.2) is 18.2 Å². The molecule has 1 rings (SSSR count). The Labute approximate surface area is 117 Å². The number of nitrogen functional groups attached to an aromatic ring is 1. The monoisotopic (exact) mass is 306 g/mol. The topological polar surface area (TPSA) is 110 Å². The van der Waals surface area contributed by atoms with Gasteiger partial charge in [-0.2, -0.15) is 13.2 Å². The Bertz CT molecular complexity index is 548. The van der Waals surface area contributed by atoms with Crippen LogP contribution < -0.4 is 16.6 Å². The predicted molar refractivity (Wildman–Crippen MR) is 68.5 cm³/mol. The number of nitro groups is 1. The van der Waals surface area contributed by atoms with Crippen molar-refractivity contribution in [2.45, 2.75) is 25.6 Å². The molecule has 0 heterocycles. The Balaban J connectivity index is 2.88. The van der Waals surface area contributed by atoms with Crippen molar-refractivity contribution < 1.29 is 22.9 Å². The Morgan fingerprint density at radius 3 is 2.57 bits per heavy atom. The Morgan fingerprint density at radius 2 is 2.10 bits per heavy atom. The lowest BCUT2D eigenvalue weighted by molar-refractivity contribution is -0.384. The fourth-order valence-corrected chi connectivity index (χ4v) is 1.65.